The molecule has 1 aliphatic carbocycles. The number of nitrogens with one attached hydrogen (secondary N) is 1. The van der Waals surface area contributed by atoms with Gasteiger partial charge in [0.25, 0.3) is 10.2 Å². The fourth-order valence-electron chi connectivity index (χ4n) is 3.22. The molecule has 3 rings (SSSR count). The van der Waals surface area contributed by atoms with Crippen LogP contribution >= 0.6 is 0 Å². The highest BCUT2D eigenvalue weighted by molar-refractivity contribution is 7.87. The van der Waals surface area contributed by atoms with Gasteiger partial charge in [-0.2, -0.15) is 17.4 Å². The van der Waals surface area contributed by atoms with E-state index in [1.807, 2.05) is 37.3 Å². The predicted octanol–water partition coefficient (Wildman–Crippen LogP) is 3.59. The summed E-state index contributed by atoms with van der Waals surface area (Å²) < 4.78 is 35.2. The summed E-state index contributed by atoms with van der Waals surface area (Å²) in [5, 5.41) is 0.981. The van der Waals surface area contributed by atoms with E-state index in [0.717, 1.165) is 36.7 Å². The number of hydrogen-bond acceptors (Lipinski definition) is 3. The first-order chi connectivity index (χ1) is 11.0. The molecule has 1 saturated carbocycles. The average molecular weight is 336 g/mol. The highest BCUT2D eigenvalue weighted by Crippen LogP contribution is 2.26. The molecule has 0 aliphatic heterocycles. The smallest absolute Gasteiger partial charge is 0.280 e. The number of hydrogen-bond donors (Lipinski definition) is 1. The molecule has 2 aromatic rings. The lowest BCUT2D eigenvalue weighted by molar-refractivity contribution is 0.281. The minimum atomic E-state index is -3.52. The fraction of sp³-hybridized carbons (Fsp3) is 0.529. The highest BCUT2D eigenvalue weighted by Gasteiger charge is 2.29. The van der Waals surface area contributed by atoms with Crippen molar-refractivity contribution in [2.75, 3.05) is 7.05 Å². The van der Waals surface area contributed by atoms with Gasteiger partial charge in [0.05, 0.1) is 6.04 Å². The lowest BCUT2D eigenvalue weighted by Crippen LogP contribution is -2.45. The Balaban J connectivity index is 1.73. The van der Waals surface area contributed by atoms with Crippen LogP contribution in [0.5, 0.6) is 0 Å². The van der Waals surface area contributed by atoms with Crippen LogP contribution in [0.2, 0.25) is 0 Å². The first-order valence-corrected chi connectivity index (χ1v) is 9.65. The minimum absolute atomic E-state index is 0.101. The normalized spacial score (nSPS) is 18.6. The van der Waals surface area contributed by atoms with E-state index in [0.29, 0.717) is 5.76 Å². The van der Waals surface area contributed by atoms with Gasteiger partial charge in [-0.3, -0.25) is 0 Å². The first-order valence-electron chi connectivity index (χ1n) is 8.21. The summed E-state index contributed by atoms with van der Waals surface area (Å²) >= 11 is 0. The van der Waals surface area contributed by atoms with E-state index in [4.69, 9.17) is 4.42 Å². The van der Waals surface area contributed by atoms with E-state index >= 15 is 0 Å². The first kappa shape index (κ1) is 16.5. The molecule has 1 aromatic carbocycles. The van der Waals surface area contributed by atoms with Crippen LogP contribution < -0.4 is 4.72 Å². The van der Waals surface area contributed by atoms with Gasteiger partial charge in [-0.15, -0.1) is 0 Å². The summed E-state index contributed by atoms with van der Waals surface area (Å²) in [6.45, 7) is 1.81. The van der Waals surface area contributed by atoms with Gasteiger partial charge in [-0.1, -0.05) is 37.5 Å². The summed E-state index contributed by atoms with van der Waals surface area (Å²) in [7, 11) is -1.85. The van der Waals surface area contributed by atoms with Gasteiger partial charge < -0.3 is 4.42 Å². The third-order valence-corrected chi connectivity index (χ3v) is 6.37. The Morgan fingerprint density at radius 1 is 1.22 bits per heavy atom. The summed E-state index contributed by atoms with van der Waals surface area (Å²) in [5.74, 6) is 0.631. The molecule has 0 bridgehead atoms. The van der Waals surface area contributed by atoms with E-state index in [9.17, 15) is 8.42 Å². The number of fused-ring (bicyclic) bond motifs is 1. The molecule has 5 nitrogen and oxygen atoms in total. The monoisotopic (exact) mass is 336 g/mol. The van der Waals surface area contributed by atoms with Crippen LogP contribution in [0.25, 0.3) is 11.0 Å². The Labute approximate surface area is 137 Å². The largest absolute Gasteiger partial charge is 0.459 e. The van der Waals surface area contributed by atoms with Gasteiger partial charge in [0.1, 0.15) is 11.3 Å². The van der Waals surface area contributed by atoms with Crippen molar-refractivity contribution in [3.05, 3.63) is 36.1 Å². The zero-order chi connectivity index (χ0) is 16.4. The van der Waals surface area contributed by atoms with Gasteiger partial charge >= 0.3 is 0 Å². The van der Waals surface area contributed by atoms with Crippen molar-refractivity contribution < 1.29 is 12.8 Å². The van der Waals surface area contributed by atoms with Crippen LogP contribution in [-0.2, 0) is 10.2 Å². The van der Waals surface area contributed by atoms with Crippen molar-refractivity contribution in [1.82, 2.24) is 9.03 Å². The van der Waals surface area contributed by atoms with Gasteiger partial charge in [-0.05, 0) is 31.9 Å². The Bertz CT molecular complexity index is 730. The van der Waals surface area contributed by atoms with Crippen LogP contribution in [0.4, 0.5) is 0 Å². The quantitative estimate of drug-likeness (QED) is 0.907. The van der Waals surface area contributed by atoms with E-state index in [-0.39, 0.29) is 6.04 Å². The zero-order valence-electron chi connectivity index (χ0n) is 13.7. The third-order valence-electron chi connectivity index (χ3n) is 4.67. The molecule has 126 valence electrons. The number of rotatable bonds is 5. The minimum Gasteiger partial charge on any atom is -0.459 e. The van der Waals surface area contributed by atoms with Crippen LogP contribution in [-0.4, -0.2) is 25.8 Å². The molecular weight excluding hydrogens is 312 g/mol. The second kappa shape index (κ2) is 6.63. The molecule has 0 spiro atoms. The number of benzene rings is 1. The van der Waals surface area contributed by atoms with Gasteiger partial charge in [0.15, 0.2) is 0 Å². The van der Waals surface area contributed by atoms with E-state index in [1.165, 1.54) is 10.7 Å². The fourth-order valence-corrected chi connectivity index (χ4v) is 4.55. The molecular formula is C17H24N2O3S. The summed E-state index contributed by atoms with van der Waals surface area (Å²) in [6.07, 6.45) is 5.29. The molecule has 1 N–H and O–H groups in total. The summed E-state index contributed by atoms with van der Waals surface area (Å²) in [5.41, 5.74) is 0.772. The molecule has 23 heavy (non-hydrogen) atoms. The molecule has 1 unspecified atom stereocenters. The average Bonchev–Trinajstić information content (AvgIpc) is 2.99. The second-order valence-corrected chi connectivity index (χ2v) is 8.10. The van der Waals surface area contributed by atoms with Crippen LogP contribution in [0.15, 0.2) is 34.7 Å². The lowest BCUT2D eigenvalue weighted by Gasteiger charge is -2.31. The highest BCUT2D eigenvalue weighted by atomic mass is 32.2. The van der Waals surface area contributed by atoms with Crippen molar-refractivity contribution in [1.29, 1.82) is 0 Å². The van der Waals surface area contributed by atoms with Crippen molar-refractivity contribution in [2.45, 2.75) is 51.1 Å². The van der Waals surface area contributed by atoms with Gasteiger partial charge in [-0.25, -0.2) is 0 Å². The standard InChI is InChI=1S/C17H24N2O3S/c1-13(17-12-14-8-6-7-11-16(14)22-17)18-23(20,21)19(2)15-9-4-3-5-10-15/h6-8,11-13,15,18H,3-5,9-10H2,1-2H3. The molecule has 1 heterocycles. The SMILES string of the molecule is CC(NS(=O)(=O)N(C)C1CCCCC1)c1cc2ccccc2o1. The molecule has 0 radical (unpaired) electrons. The maximum Gasteiger partial charge on any atom is 0.280 e. The van der Waals surface area contributed by atoms with Crippen molar-refractivity contribution >= 4 is 21.2 Å². The molecule has 1 aromatic heterocycles. The topological polar surface area (TPSA) is 62.6 Å². The molecule has 1 aliphatic rings. The van der Waals surface area contributed by atoms with E-state index in [1.54, 1.807) is 7.05 Å². The van der Waals surface area contributed by atoms with E-state index < -0.39 is 16.3 Å². The number of nitrogens with zero attached hydrogens (tertiary/aromatic N) is 1. The lowest BCUT2D eigenvalue weighted by atomic mass is 9.96. The molecule has 1 fully saturated rings. The number of para-hydroxylation sites is 1. The second-order valence-electron chi connectivity index (χ2n) is 6.34. The summed E-state index contributed by atoms with van der Waals surface area (Å²) in [4.78, 5) is 0. The van der Waals surface area contributed by atoms with Crippen LogP contribution in [0.1, 0.15) is 50.8 Å². The summed E-state index contributed by atoms with van der Waals surface area (Å²) in [6, 6.07) is 9.27. The van der Waals surface area contributed by atoms with Crippen molar-refractivity contribution in [3.63, 3.8) is 0 Å². The van der Waals surface area contributed by atoms with E-state index in [2.05, 4.69) is 4.72 Å². The maximum absolute atomic E-state index is 12.6. The molecule has 1 atom stereocenters. The maximum atomic E-state index is 12.6. The Kier molecular flexibility index (Phi) is 4.75. The zero-order valence-corrected chi connectivity index (χ0v) is 14.5. The Morgan fingerprint density at radius 2 is 1.91 bits per heavy atom. The van der Waals surface area contributed by atoms with Crippen LogP contribution in [0.3, 0.4) is 0 Å². The van der Waals surface area contributed by atoms with Gasteiger partial charge in [0, 0.05) is 18.5 Å². The third kappa shape index (κ3) is 3.59. The van der Waals surface area contributed by atoms with Crippen LogP contribution in [0, 0.1) is 0 Å². The Morgan fingerprint density at radius 3 is 2.61 bits per heavy atom. The van der Waals surface area contributed by atoms with Gasteiger partial charge in [0.2, 0.25) is 0 Å². The molecule has 0 amide bonds. The predicted molar refractivity (Wildman–Crippen MR) is 91.3 cm³/mol. The molecule has 0 saturated heterocycles. The molecule has 6 heteroatoms. The Hall–Kier alpha value is -1.37. The van der Waals surface area contributed by atoms with Crippen molar-refractivity contribution in [3.8, 4) is 0 Å². The number of furan rings is 1. The van der Waals surface area contributed by atoms with Crippen molar-refractivity contribution in [2.24, 2.45) is 0 Å².